The van der Waals surface area contributed by atoms with Gasteiger partial charge in [0.15, 0.2) is 5.65 Å². The minimum Gasteiger partial charge on any atom is -0.497 e. The molecule has 5 rings (SSSR count). The SMILES string of the molecule is COc1ccc(C(=O)Nn2ccc3c(cnc4c(-c5ccccc5)cnn43)c2=O)cc1. The molecular weight excluding hydrogens is 394 g/mol. The van der Waals surface area contributed by atoms with Crippen LogP contribution in [0.25, 0.3) is 27.7 Å². The van der Waals surface area contributed by atoms with Crippen LogP contribution in [-0.4, -0.2) is 32.3 Å². The number of amides is 1. The molecule has 5 aromatic rings. The van der Waals surface area contributed by atoms with Crippen LogP contribution in [0, 0.1) is 0 Å². The largest absolute Gasteiger partial charge is 0.497 e. The Bertz CT molecular complexity index is 1470. The molecule has 8 heteroatoms. The first-order valence-corrected chi connectivity index (χ1v) is 9.54. The number of nitrogens with one attached hydrogen (secondary N) is 1. The molecule has 8 nitrogen and oxygen atoms in total. The first kappa shape index (κ1) is 18.6. The van der Waals surface area contributed by atoms with Crippen molar-refractivity contribution in [3.8, 4) is 16.9 Å². The van der Waals surface area contributed by atoms with Crippen molar-refractivity contribution in [2.24, 2.45) is 0 Å². The van der Waals surface area contributed by atoms with Crippen LogP contribution in [-0.2, 0) is 0 Å². The zero-order valence-electron chi connectivity index (χ0n) is 16.5. The van der Waals surface area contributed by atoms with Gasteiger partial charge in [-0.3, -0.25) is 15.0 Å². The van der Waals surface area contributed by atoms with E-state index in [-0.39, 0.29) is 0 Å². The number of aromatic nitrogens is 4. The van der Waals surface area contributed by atoms with Gasteiger partial charge in [-0.05, 0) is 35.9 Å². The van der Waals surface area contributed by atoms with Gasteiger partial charge in [-0.2, -0.15) is 5.10 Å². The molecule has 0 radical (unpaired) electrons. The molecule has 0 saturated heterocycles. The first-order chi connectivity index (χ1) is 15.2. The average Bonchev–Trinajstić information content (AvgIpc) is 3.26. The van der Waals surface area contributed by atoms with Crippen LogP contribution in [0.3, 0.4) is 0 Å². The van der Waals surface area contributed by atoms with Crippen LogP contribution in [0.2, 0.25) is 0 Å². The predicted molar refractivity (Wildman–Crippen MR) is 117 cm³/mol. The smallest absolute Gasteiger partial charge is 0.280 e. The van der Waals surface area contributed by atoms with Gasteiger partial charge < -0.3 is 4.74 Å². The topological polar surface area (TPSA) is 90.5 Å². The number of hydrogen-bond donors (Lipinski definition) is 1. The number of fused-ring (bicyclic) bond motifs is 3. The molecule has 0 unspecified atom stereocenters. The summed E-state index contributed by atoms with van der Waals surface area (Å²) >= 11 is 0. The number of benzene rings is 2. The summed E-state index contributed by atoms with van der Waals surface area (Å²) in [5.74, 6) is 0.229. The van der Waals surface area contributed by atoms with Gasteiger partial charge >= 0.3 is 0 Å². The molecule has 0 bridgehead atoms. The van der Waals surface area contributed by atoms with E-state index in [1.165, 1.54) is 12.4 Å². The Morgan fingerprint density at radius 2 is 1.77 bits per heavy atom. The lowest BCUT2D eigenvalue weighted by atomic mass is 10.1. The number of carbonyl (C=O) groups is 1. The van der Waals surface area contributed by atoms with Gasteiger partial charge in [0.25, 0.3) is 11.5 Å². The van der Waals surface area contributed by atoms with Crippen LogP contribution in [0.1, 0.15) is 10.4 Å². The van der Waals surface area contributed by atoms with E-state index in [2.05, 4.69) is 15.5 Å². The normalized spacial score (nSPS) is 11.0. The molecule has 1 amide bonds. The first-order valence-electron chi connectivity index (χ1n) is 9.54. The standard InChI is InChI=1S/C23H17N5O3/c1-31-17-9-7-16(8-10-17)22(29)26-27-12-11-20-19(23(27)30)13-24-21-18(14-25-28(20)21)15-5-3-2-4-6-15/h2-14H,1H3,(H,26,29). The van der Waals surface area contributed by atoms with E-state index in [0.29, 0.717) is 27.9 Å². The number of methoxy groups -OCH3 is 1. The van der Waals surface area contributed by atoms with E-state index in [9.17, 15) is 9.59 Å². The van der Waals surface area contributed by atoms with E-state index in [1.807, 2.05) is 30.3 Å². The molecule has 0 spiro atoms. The van der Waals surface area contributed by atoms with Crippen LogP contribution < -0.4 is 15.7 Å². The van der Waals surface area contributed by atoms with E-state index in [4.69, 9.17) is 4.74 Å². The third-order valence-corrected chi connectivity index (χ3v) is 5.05. The summed E-state index contributed by atoms with van der Waals surface area (Å²) in [4.78, 5) is 30.0. The summed E-state index contributed by atoms with van der Waals surface area (Å²) in [7, 11) is 1.55. The van der Waals surface area contributed by atoms with Gasteiger partial charge in [-0.25, -0.2) is 14.2 Å². The zero-order chi connectivity index (χ0) is 21.4. The minimum atomic E-state index is -0.413. The number of ether oxygens (including phenoxy) is 1. The van der Waals surface area contributed by atoms with E-state index in [0.717, 1.165) is 15.8 Å². The van der Waals surface area contributed by atoms with Gasteiger partial charge in [0.05, 0.1) is 24.2 Å². The van der Waals surface area contributed by atoms with Gasteiger partial charge in [-0.1, -0.05) is 30.3 Å². The van der Waals surface area contributed by atoms with Gasteiger partial charge in [-0.15, -0.1) is 0 Å². The maximum Gasteiger partial charge on any atom is 0.280 e. The number of pyridine rings is 1. The Kier molecular flexibility index (Phi) is 4.44. The van der Waals surface area contributed by atoms with Crippen LogP contribution in [0.5, 0.6) is 5.75 Å². The quantitative estimate of drug-likeness (QED) is 0.491. The molecule has 0 aliphatic rings. The Hall–Kier alpha value is -4.46. The molecule has 0 fully saturated rings. The monoisotopic (exact) mass is 411 g/mol. The number of nitrogens with zero attached hydrogens (tertiary/aromatic N) is 4. The van der Waals surface area contributed by atoms with E-state index < -0.39 is 11.5 Å². The maximum atomic E-state index is 13.0. The second-order valence-corrected chi connectivity index (χ2v) is 6.88. The Labute approximate surface area is 176 Å². The van der Waals surface area contributed by atoms with Gasteiger partial charge in [0.2, 0.25) is 0 Å². The zero-order valence-corrected chi connectivity index (χ0v) is 16.5. The van der Waals surface area contributed by atoms with Crippen LogP contribution in [0.15, 0.2) is 84.0 Å². The molecular formula is C23H17N5O3. The molecule has 3 aromatic heterocycles. The predicted octanol–water partition coefficient (Wildman–Crippen LogP) is 3.10. The molecule has 0 aliphatic heterocycles. The summed E-state index contributed by atoms with van der Waals surface area (Å²) in [5.41, 5.74) is 5.73. The second kappa shape index (κ2) is 7.42. The molecule has 152 valence electrons. The molecule has 0 saturated carbocycles. The van der Waals surface area contributed by atoms with Crippen molar-refractivity contribution in [1.82, 2.24) is 19.3 Å². The highest BCUT2D eigenvalue weighted by molar-refractivity contribution is 6.00. The maximum absolute atomic E-state index is 13.0. The van der Waals surface area contributed by atoms with Crippen molar-refractivity contribution >= 4 is 22.5 Å². The van der Waals surface area contributed by atoms with E-state index in [1.54, 1.807) is 48.2 Å². The molecule has 31 heavy (non-hydrogen) atoms. The summed E-state index contributed by atoms with van der Waals surface area (Å²) in [6.45, 7) is 0. The average molecular weight is 411 g/mol. The molecule has 1 N–H and O–H groups in total. The van der Waals surface area contributed by atoms with Crippen LogP contribution in [0.4, 0.5) is 0 Å². The number of carbonyl (C=O) groups excluding carboxylic acids is 1. The minimum absolute atomic E-state index is 0.341. The fraction of sp³-hybridized carbons (Fsp3) is 0.0435. The van der Waals surface area contributed by atoms with Crippen LogP contribution >= 0.6 is 0 Å². The van der Waals surface area contributed by atoms with Crippen molar-refractivity contribution in [2.45, 2.75) is 0 Å². The van der Waals surface area contributed by atoms with Gasteiger partial charge in [0.1, 0.15) is 5.75 Å². The number of rotatable bonds is 4. The molecule has 0 atom stereocenters. The molecule has 2 aromatic carbocycles. The van der Waals surface area contributed by atoms with Gasteiger partial charge in [0, 0.05) is 23.5 Å². The highest BCUT2D eigenvalue weighted by atomic mass is 16.5. The third kappa shape index (κ3) is 3.20. The lowest BCUT2D eigenvalue weighted by Gasteiger charge is -2.10. The molecule has 0 aliphatic carbocycles. The highest BCUT2D eigenvalue weighted by Gasteiger charge is 2.14. The van der Waals surface area contributed by atoms with Crippen molar-refractivity contribution in [3.63, 3.8) is 0 Å². The Morgan fingerprint density at radius 1 is 1.00 bits per heavy atom. The summed E-state index contributed by atoms with van der Waals surface area (Å²) in [6, 6.07) is 18.1. The molecule has 3 heterocycles. The lowest BCUT2D eigenvalue weighted by Crippen LogP contribution is -2.32. The van der Waals surface area contributed by atoms with E-state index >= 15 is 0 Å². The summed E-state index contributed by atoms with van der Waals surface area (Å²) in [6.07, 6.45) is 4.75. The Morgan fingerprint density at radius 3 is 2.52 bits per heavy atom. The van der Waals surface area contributed by atoms with Crippen molar-refractivity contribution in [1.29, 1.82) is 0 Å². The Balaban J connectivity index is 1.53. The lowest BCUT2D eigenvalue weighted by molar-refractivity contribution is 0.101. The second-order valence-electron chi connectivity index (χ2n) is 6.88. The summed E-state index contributed by atoms with van der Waals surface area (Å²) in [5, 5.41) is 4.77. The summed E-state index contributed by atoms with van der Waals surface area (Å²) < 4.78 is 7.87. The fourth-order valence-corrected chi connectivity index (χ4v) is 3.44. The third-order valence-electron chi connectivity index (χ3n) is 5.05. The highest BCUT2D eigenvalue weighted by Crippen LogP contribution is 2.24. The van der Waals surface area contributed by atoms with Crippen molar-refractivity contribution in [3.05, 3.63) is 95.2 Å². The van der Waals surface area contributed by atoms with Crippen molar-refractivity contribution < 1.29 is 9.53 Å². The fourth-order valence-electron chi connectivity index (χ4n) is 3.44. The van der Waals surface area contributed by atoms with Crippen molar-refractivity contribution in [2.75, 3.05) is 12.5 Å². The number of hydrogen-bond acceptors (Lipinski definition) is 5.